The topological polar surface area (TPSA) is 129 Å². The second-order valence-electron chi connectivity index (χ2n) is 3.16. The zero-order valence-corrected chi connectivity index (χ0v) is 9.55. The van der Waals surface area contributed by atoms with Crippen LogP contribution in [0, 0.1) is 5.82 Å². The number of esters is 1. The predicted octanol–water partition coefficient (Wildman–Crippen LogP) is -0.168. The van der Waals surface area contributed by atoms with E-state index in [1.165, 1.54) is 12.1 Å². The highest BCUT2D eigenvalue weighted by Gasteiger charge is 2.12. The molecule has 0 heterocycles. The van der Waals surface area contributed by atoms with Gasteiger partial charge in [-0.3, -0.25) is 0 Å². The minimum atomic E-state index is -0.778. The maximum Gasteiger partial charge on any atom is 0.340 e. The van der Waals surface area contributed by atoms with E-state index >= 15 is 0 Å². The summed E-state index contributed by atoms with van der Waals surface area (Å²) in [5, 5.41) is 0. The van der Waals surface area contributed by atoms with E-state index < -0.39 is 11.8 Å². The van der Waals surface area contributed by atoms with Crippen molar-refractivity contribution >= 4 is 23.6 Å². The maximum absolute atomic E-state index is 13.5. The molecular formula is C10H12FN5O2. The molecule has 0 spiro atoms. The summed E-state index contributed by atoms with van der Waals surface area (Å²) in [6.45, 7) is 0. The molecule has 0 radical (unpaired) electrons. The highest BCUT2D eigenvalue weighted by atomic mass is 19.1. The Labute approximate surface area is 102 Å². The predicted molar refractivity (Wildman–Crippen MR) is 64.8 cm³/mol. The van der Waals surface area contributed by atoms with Crippen LogP contribution < -0.4 is 17.2 Å². The van der Waals surface area contributed by atoms with Crippen LogP contribution in [0.3, 0.4) is 0 Å². The van der Waals surface area contributed by atoms with E-state index in [9.17, 15) is 9.18 Å². The van der Waals surface area contributed by atoms with Gasteiger partial charge < -0.3 is 21.9 Å². The summed E-state index contributed by atoms with van der Waals surface area (Å²) < 4.78 is 17.9. The molecule has 0 saturated carbocycles. The maximum atomic E-state index is 13.5. The van der Waals surface area contributed by atoms with Crippen molar-refractivity contribution in [2.45, 2.75) is 0 Å². The van der Waals surface area contributed by atoms with Gasteiger partial charge in [-0.2, -0.15) is 4.99 Å². The van der Waals surface area contributed by atoms with Gasteiger partial charge in [0.1, 0.15) is 5.82 Å². The van der Waals surface area contributed by atoms with Gasteiger partial charge in [-0.05, 0) is 12.1 Å². The number of ether oxygens (including phenoxy) is 1. The molecule has 8 heteroatoms. The molecule has 0 aromatic heterocycles. The molecule has 0 bridgehead atoms. The van der Waals surface area contributed by atoms with Crippen molar-refractivity contribution in [1.82, 2.24) is 0 Å². The van der Waals surface area contributed by atoms with E-state index in [2.05, 4.69) is 14.7 Å². The first-order valence-corrected chi connectivity index (χ1v) is 4.75. The summed E-state index contributed by atoms with van der Waals surface area (Å²) >= 11 is 0. The molecule has 0 saturated heterocycles. The quantitative estimate of drug-likeness (QED) is 0.383. The van der Waals surface area contributed by atoms with Crippen LogP contribution in [0.5, 0.6) is 0 Å². The fourth-order valence-electron chi connectivity index (χ4n) is 1.14. The van der Waals surface area contributed by atoms with E-state index in [1.54, 1.807) is 0 Å². The molecule has 6 N–H and O–H groups in total. The Morgan fingerprint density at radius 1 is 1.33 bits per heavy atom. The number of nitrogens with zero attached hydrogens (tertiary/aromatic N) is 2. The molecule has 0 unspecified atom stereocenters. The number of aliphatic imine (C=N–C) groups is 2. The molecule has 0 aliphatic carbocycles. The Kier molecular flexibility index (Phi) is 4.19. The van der Waals surface area contributed by atoms with Gasteiger partial charge in [0.2, 0.25) is 5.96 Å². The average Bonchev–Trinajstić information content (AvgIpc) is 2.27. The van der Waals surface area contributed by atoms with E-state index in [0.29, 0.717) is 0 Å². The fraction of sp³-hybridized carbons (Fsp3) is 0.100. The zero-order valence-electron chi connectivity index (χ0n) is 9.55. The monoisotopic (exact) mass is 253 g/mol. The minimum Gasteiger partial charge on any atom is -0.465 e. The van der Waals surface area contributed by atoms with E-state index in [4.69, 9.17) is 17.2 Å². The lowest BCUT2D eigenvalue weighted by atomic mass is 10.2. The van der Waals surface area contributed by atoms with Crippen LogP contribution in [-0.2, 0) is 4.74 Å². The van der Waals surface area contributed by atoms with Crippen LogP contribution in [0.15, 0.2) is 28.2 Å². The van der Waals surface area contributed by atoms with Crippen molar-refractivity contribution < 1.29 is 13.9 Å². The van der Waals surface area contributed by atoms with Gasteiger partial charge in [-0.1, -0.05) is 0 Å². The number of hydrogen-bond donors (Lipinski definition) is 3. The molecule has 1 aromatic carbocycles. The average molecular weight is 253 g/mol. The second-order valence-corrected chi connectivity index (χ2v) is 3.16. The van der Waals surface area contributed by atoms with Crippen molar-refractivity contribution in [3.63, 3.8) is 0 Å². The standard InChI is InChI=1S/C10H12FN5O2/c1-18-8(17)6-3-2-5(4-7(6)11)15-10(14)16-9(12)13/h2-4H,1H3,(H6,12,13,14,15,16). The third-order valence-electron chi connectivity index (χ3n) is 1.85. The Hall–Kier alpha value is -2.64. The molecule has 96 valence electrons. The van der Waals surface area contributed by atoms with E-state index in [-0.39, 0.29) is 23.2 Å². The third-order valence-corrected chi connectivity index (χ3v) is 1.85. The normalized spacial score (nSPS) is 10.9. The van der Waals surface area contributed by atoms with Crippen molar-refractivity contribution in [2.75, 3.05) is 7.11 Å². The summed E-state index contributed by atoms with van der Waals surface area (Å²) in [7, 11) is 1.16. The molecule has 1 rings (SSSR count). The van der Waals surface area contributed by atoms with Crippen molar-refractivity contribution in [3.05, 3.63) is 29.6 Å². The van der Waals surface area contributed by atoms with Crippen LogP contribution in [0.1, 0.15) is 10.4 Å². The lowest BCUT2D eigenvalue weighted by molar-refractivity contribution is 0.0595. The second kappa shape index (κ2) is 5.62. The van der Waals surface area contributed by atoms with Gasteiger partial charge in [0, 0.05) is 6.07 Å². The van der Waals surface area contributed by atoms with Gasteiger partial charge in [0.15, 0.2) is 5.96 Å². The summed E-state index contributed by atoms with van der Waals surface area (Å²) in [6, 6.07) is 3.62. The van der Waals surface area contributed by atoms with Crippen molar-refractivity contribution in [3.8, 4) is 0 Å². The molecule has 0 aliphatic heterocycles. The van der Waals surface area contributed by atoms with E-state index in [0.717, 1.165) is 13.2 Å². The summed E-state index contributed by atoms with van der Waals surface area (Å²) in [5.41, 5.74) is 15.5. The number of benzene rings is 1. The first kappa shape index (κ1) is 13.4. The fourth-order valence-corrected chi connectivity index (χ4v) is 1.14. The summed E-state index contributed by atoms with van der Waals surface area (Å²) in [5.74, 6) is -2.04. The molecule has 7 nitrogen and oxygen atoms in total. The molecule has 0 aliphatic rings. The van der Waals surface area contributed by atoms with Gasteiger partial charge in [-0.25, -0.2) is 14.2 Å². The number of hydrogen-bond acceptors (Lipinski definition) is 3. The van der Waals surface area contributed by atoms with Gasteiger partial charge in [0.25, 0.3) is 0 Å². The number of nitrogens with two attached hydrogens (primary N) is 3. The van der Waals surface area contributed by atoms with Crippen molar-refractivity contribution in [2.24, 2.45) is 27.2 Å². The number of carbonyl (C=O) groups excluding carboxylic acids is 1. The molecular weight excluding hydrogens is 241 g/mol. The summed E-state index contributed by atoms with van der Waals surface area (Å²) in [4.78, 5) is 18.3. The van der Waals surface area contributed by atoms with Crippen LogP contribution in [0.25, 0.3) is 0 Å². The Balaban J connectivity index is 3.05. The van der Waals surface area contributed by atoms with Crippen LogP contribution >= 0.6 is 0 Å². The molecule has 0 amide bonds. The number of halogens is 1. The number of methoxy groups -OCH3 is 1. The van der Waals surface area contributed by atoms with Gasteiger partial charge in [-0.15, -0.1) is 0 Å². The molecule has 18 heavy (non-hydrogen) atoms. The van der Waals surface area contributed by atoms with E-state index in [1.807, 2.05) is 0 Å². The number of rotatable bonds is 2. The Morgan fingerprint density at radius 2 is 2.00 bits per heavy atom. The van der Waals surface area contributed by atoms with Crippen LogP contribution in [0.2, 0.25) is 0 Å². The SMILES string of the molecule is COC(=O)c1ccc(N=C(N)N=C(N)N)cc1F. The summed E-state index contributed by atoms with van der Waals surface area (Å²) in [6.07, 6.45) is 0. The molecule has 0 fully saturated rings. The lowest BCUT2D eigenvalue weighted by Crippen LogP contribution is -2.26. The van der Waals surface area contributed by atoms with Crippen LogP contribution in [-0.4, -0.2) is 25.0 Å². The Morgan fingerprint density at radius 3 is 2.50 bits per heavy atom. The first-order valence-electron chi connectivity index (χ1n) is 4.75. The number of carbonyl (C=O) groups is 1. The van der Waals surface area contributed by atoms with Crippen LogP contribution in [0.4, 0.5) is 10.1 Å². The molecule has 0 atom stereocenters. The number of guanidine groups is 2. The minimum absolute atomic E-state index is 0.169. The van der Waals surface area contributed by atoms with Gasteiger partial charge in [0.05, 0.1) is 18.4 Å². The lowest BCUT2D eigenvalue weighted by Gasteiger charge is -2.02. The largest absolute Gasteiger partial charge is 0.465 e. The first-order chi connectivity index (χ1) is 8.43. The zero-order chi connectivity index (χ0) is 13.7. The smallest absolute Gasteiger partial charge is 0.340 e. The van der Waals surface area contributed by atoms with Crippen molar-refractivity contribution in [1.29, 1.82) is 0 Å². The Bertz CT molecular complexity index is 523. The highest BCUT2D eigenvalue weighted by Crippen LogP contribution is 2.17. The third kappa shape index (κ3) is 3.44. The highest BCUT2D eigenvalue weighted by molar-refractivity contribution is 5.94. The van der Waals surface area contributed by atoms with Gasteiger partial charge >= 0.3 is 5.97 Å². The molecule has 1 aromatic rings.